The first kappa shape index (κ1) is 17.8. The highest BCUT2D eigenvalue weighted by molar-refractivity contribution is 7.17. The van der Waals surface area contributed by atoms with Crippen molar-refractivity contribution in [2.45, 2.75) is 19.9 Å². The van der Waals surface area contributed by atoms with Gasteiger partial charge in [-0.25, -0.2) is 0 Å². The predicted octanol–water partition coefficient (Wildman–Crippen LogP) is 6.16. The summed E-state index contributed by atoms with van der Waals surface area (Å²) in [5, 5.41) is 5.68. The van der Waals surface area contributed by atoms with Crippen LogP contribution in [0.3, 0.4) is 0 Å². The standard InChI is InChI=1S/C22H19ClN2OS/c1-15-7-8-17(13-18(15)23)24-22(26)20-14-21-19(10-12-27-21)25(20)11-9-16-5-3-2-4-6-16/h2-8,10,12-14H,9,11H2,1H3,(H,24,26). The molecule has 5 heteroatoms. The van der Waals surface area contributed by atoms with Crippen molar-refractivity contribution in [3.8, 4) is 0 Å². The van der Waals surface area contributed by atoms with E-state index < -0.39 is 0 Å². The summed E-state index contributed by atoms with van der Waals surface area (Å²) >= 11 is 7.83. The number of aryl methyl sites for hydroxylation is 3. The van der Waals surface area contributed by atoms with Crippen molar-refractivity contribution in [1.82, 2.24) is 4.57 Å². The summed E-state index contributed by atoms with van der Waals surface area (Å²) in [7, 11) is 0. The average Bonchev–Trinajstić information content (AvgIpc) is 3.25. The third-order valence-corrected chi connectivity index (χ3v) is 5.91. The van der Waals surface area contributed by atoms with Crippen LogP contribution in [0.5, 0.6) is 0 Å². The number of carbonyl (C=O) groups is 1. The van der Waals surface area contributed by atoms with E-state index in [1.54, 1.807) is 17.4 Å². The van der Waals surface area contributed by atoms with E-state index in [1.807, 2.05) is 43.3 Å². The second kappa shape index (κ2) is 7.59. The molecule has 0 aliphatic carbocycles. The van der Waals surface area contributed by atoms with Crippen molar-refractivity contribution in [1.29, 1.82) is 0 Å². The lowest BCUT2D eigenvalue weighted by Gasteiger charge is -2.11. The molecule has 0 saturated carbocycles. The highest BCUT2D eigenvalue weighted by atomic mass is 35.5. The molecule has 27 heavy (non-hydrogen) atoms. The maximum Gasteiger partial charge on any atom is 0.272 e. The second-order valence-corrected chi connectivity index (χ2v) is 7.86. The van der Waals surface area contributed by atoms with Crippen LogP contribution in [-0.4, -0.2) is 10.5 Å². The molecule has 0 fully saturated rings. The third-order valence-electron chi connectivity index (χ3n) is 4.65. The van der Waals surface area contributed by atoms with Gasteiger partial charge in [0.1, 0.15) is 5.69 Å². The van der Waals surface area contributed by atoms with Gasteiger partial charge in [0, 0.05) is 17.3 Å². The molecular formula is C22H19ClN2OS. The molecule has 136 valence electrons. The van der Waals surface area contributed by atoms with Gasteiger partial charge in [0.2, 0.25) is 0 Å². The number of nitrogens with zero attached hydrogens (tertiary/aromatic N) is 1. The molecule has 2 heterocycles. The van der Waals surface area contributed by atoms with E-state index in [2.05, 4.69) is 33.5 Å². The quantitative estimate of drug-likeness (QED) is 0.432. The molecule has 2 aromatic carbocycles. The molecule has 4 rings (SSSR count). The lowest BCUT2D eigenvalue weighted by atomic mass is 10.1. The van der Waals surface area contributed by atoms with Crippen LogP contribution in [0.15, 0.2) is 66.0 Å². The van der Waals surface area contributed by atoms with Crippen molar-refractivity contribution < 1.29 is 4.79 Å². The summed E-state index contributed by atoms with van der Waals surface area (Å²) in [6.07, 6.45) is 0.872. The number of anilines is 1. The maximum atomic E-state index is 12.9. The fourth-order valence-electron chi connectivity index (χ4n) is 3.16. The molecule has 3 nitrogen and oxygen atoms in total. The molecule has 0 unspecified atom stereocenters. The van der Waals surface area contributed by atoms with Crippen LogP contribution in [0.2, 0.25) is 5.02 Å². The summed E-state index contributed by atoms with van der Waals surface area (Å²) < 4.78 is 3.22. The third kappa shape index (κ3) is 3.77. The molecule has 0 spiro atoms. The second-order valence-electron chi connectivity index (χ2n) is 6.50. The fraction of sp³-hybridized carbons (Fsp3) is 0.136. The SMILES string of the molecule is Cc1ccc(NC(=O)c2cc3sccc3n2CCc2ccccc2)cc1Cl. The number of rotatable bonds is 5. The van der Waals surface area contributed by atoms with Crippen molar-refractivity contribution >= 4 is 44.7 Å². The Balaban J connectivity index is 1.61. The van der Waals surface area contributed by atoms with Gasteiger partial charge in [-0.1, -0.05) is 48.0 Å². The molecule has 0 aliphatic rings. The first-order valence-electron chi connectivity index (χ1n) is 8.80. The van der Waals surface area contributed by atoms with Gasteiger partial charge in [0.25, 0.3) is 5.91 Å². The zero-order valence-electron chi connectivity index (χ0n) is 14.9. The fourth-order valence-corrected chi connectivity index (χ4v) is 4.16. The van der Waals surface area contributed by atoms with Crippen LogP contribution < -0.4 is 5.32 Å². The number of aromatic nitrogens is 1. The van der Waals surface area contributed by atoms with Gasteiger partial charge in [0.15, 0.2) is 0 Å². The number of halogens is 1. The van der Waals surface area contributed by atoms with Crippen LogP contribution in [0.25, 0.3) is 10.2 Å². The van der Waals surface area contributed by atoms with Crippen LogP contribution in [0.4, 0.5) is 5.69 Å². The van der Waals surface area contributed by atoms with Crippen molar-refractivity contribution in [2.75, 3.05) is 5.32 Å². The van der Waals surface area contributed by atoms with Gasteiger partial charge in [-0.2, -0.15) is 0 Å². The number of hydrogen-bond acceptors (Lipinski definition) is 2. The summed E-state index contributed by atoms with van der Waals surface area (Å²) in [5.41, 5.74) is 4.72. The Morgan fingerprint density at radius 1 is 1.11 bits per heavy atom. The van der Waals surface area contributed by atoms with E-state index in [-0.39, 0.29) is 5.91 Å². The minimum absolute atomic E-state index is 0.119. The van der Waals surface area contributed by atoms with Gasteiger partial charge in [0.05, 0.1) is 10.2 Å². The normalized spacial score (nSPS) is 11.0. The van der Waals surface area contributed by atoms with Crippen LogP contribution in [0, 0.1) is 6.92 Å². The van der Waals surface area contributed by atoms with E-state index in [0.29, 0.717) is 16.4 Å². The Hall–Kier alpha value is -2.56. The summed E-state index contributed by atoms with van der Waals surface area (Å²) in [5.74, 6) is -0.119. The largest absolute Gasteiger partial charge is 0.335 e. The van der Waals surface area contributed by atoms with E-state index in [1.165, 1.54) is 5.56 Å². The Morgan fingerprint density at radius 3 is 2.70 bits per heavy atom. The minimum atomic E-state index is -0.119. The summed E-state index contributed by atoms with van der Waals surface area (Å²) in [6.45, 7) is 2.69. The Kier molecular flexibility index (Phi) is 5.01. The zero-order chi connectivity index (χ0) is 18.8. The molecule has 0 radical (unpaired) electrons. The predicted molar refractivity (Wildman–Crippen MR) is 114 cm³/mol. The molecule has 4 aromatic rings. The van der Waals surface area contributed by atoms with E-state index in [9.17, 15) is 4.79 Å². The molecule has 0 bridgehead atoms. The minimum Gasteiger partial charge on any atom is -0.335 e. The molecule has 0 saturated heterocycles. The first-order valence-corrected chi connectivity index (χ1v) is 10.1. The number of carbonyl (C=O) groups excluding carboxylic acids is 1. The van der Waals surface area contributed by atoms with Gasteiger partial charge >= 0.3 is 0 Å². The molecule has 0 aliphatic heterocycles. The number of amides is 1. The lowest BCUT2D eigenvalue weighted by Crippen LogP contribution is -2.17. The lowest BCUT2D eigenvalue weighted by molar-refractivity contribution is 0.101. The number of nitrogens with one attached hydrogen (secondary N) is 1. The van der Waals surface area contributed by atoms with E-state index in [4.69, 9.17) is 11.6 Å². The maximum absolute atomic E-state index is 12.9. The number of hydrogen-bond donors (Lipinski definition) is 1. The van der Waals surface area contributed by atoms with Crippen molar-refractivity contribution in [3.63, 3.8) is 0 Å². The topological polar surface area (TPSA) is 34.0 Å². The number of fused-ring (bicyclic) bond motifs is 1. The summed E-state index contributed by atoms with van der Waals surface area (Å²) in [4.78, 5) is 12.9. The van der Waals surface area contributed by atoms with E-state index in [0.717, 1.165) is 28.7 Å². The molecule has 1 N–H and O–H groups in total. The van der Waals surface area contributed by atoms with Gasteiger partial charge in [-0.05, 0) is 54.1 Å². The number of benzene rings is 2. The highest BCUT2D eigenvalue weighted by Gasteiger charge is 2.17. The van der Waals surface area contributed by atoms with Crippen LogP contribution in [0.1, 0.15) is 21.6 Å². The molecule has 2 aromatic heterocycles. The number of thiophene rings is 1. The monoisotopic (exact) mass is 394 g/mol. The van der Waals surface area contributed by atoms with Crippen molar-refractivity contribution in [2.24, 2.45) is 0 Å². The van der Waals surface area contributed by atoms with E-state index >= 15 is 0 Å². The van der Waals surface area contributed by atoms with Gasteiger partial charge in [-0.3, -0.25) is 4.79 Å². The Labute approximate surface area is 167 Å². The Morgan fingerprint density at radius 2 is 1.93 bits per heavy atom. The average molecular weight is 395 g/mol. The Bertz CT molecular complexity index is 1100. The smallest absolute Gasteiger partial charge is 0.272 e. The first-order chi connectivity index (χ1) is 13.1. The molecule has 0 atom stereocenters. The zero-order valence-corrected chi connectivity index (χ0v) is 16.5. The molecule has 1 amide bonds. The summed E-state index contributed by atoms with van der Waals surface area (Å²) in [6, 6.07) is 19.9. The highest BCUT2D eigenvalue weighted by Crippen LogP contribution is 2.27. The molecular weight excluding hydrogens is 376 g/mol. The van der Waals surface area contributed by atoms with Crippen LogP contribution in [-0.2, 0) is 13.0 Å². The van der Waals surface area contributed by atoms with Crippen LogP contribution >= 0.6 is 22.9 Å². The van der Waals surface area contributed by atoms with Gasteiger partial charge in [-0.15, -0.1) is 11.3 Å². The van der Waals surface area contributed by atoms with Crippen molar-refractivity contribution in [3.05, 3.63) is 87.9 Å². The van der Waals surface area contributed by atoms with Gasteiger partial charge < -0.3 is 9.88 Å².